The third kappa shape index (κ3) is 4.68. The van der Waals surface area contributed by atoms with Crippen molar-refractivity contribution < 1.29 is 9.53 Å². The van der Waals surface area contributed by atoms with Crippen LogP contribution >= 0.6 is 0 Å². The Kier molecular flexibility index (Phi) is 6.07. The molecule has 0 saturated carbocycles. The standard InChI is InChI=1S/C25H26N6O3/c1-17-9-11-20(12-10-17)34-16-21(32)30-13-5-8-19(15-30)23-26-24-22(25(33)27-23)28-29-31(24)14-18-6-3-2-4-7-18/h2-4,6-7,9-12,19H,5,8,13-16H2,1H3,(H,26,27,33). The van der Waals surface area contributed by atoms with Crippen LogP contribution in [0, 0.1) is 6.92 Å². The number of aromatic amines is 1. The molecule has 0 spiro atoms. The maximum absolute atomic E-state index is 12.8. The first kappa shape index (κ1) is 21.8. The molecule has 1 saturated heterocycles. The van der Waals surface area contributed by atoms with Crippen LogP contribution in [0.15, 0.2) is 59.4 Å². The van der Waals surface area contributed by atoms with Gasteiger partial charge in [0.1, 0.15) is 11.6 Å². The van der Waals surface area contributed by atoms with Crippen LogP contribution in [-0.2, 0) is 11.3 Å². The van der Waals surface area contributed by atoms with Gasteiger partial charge in [-0.05, 0) is 37.5 Å². The van der Waals surface area contributed by atoms with Gasteiger partial charge in [-0.15, -0.1) is 5.10 Å². The number of rotatable bonds is 6. The van der Waals surface area contributed by atoms with Crippen LogP contribution in [0.1, 0.15) is 35.7 Å². The maximum atomic E-state index is 12.8. The fraction of sp³-hybridized carbons (Fsp3) is 0.320. The molecule has 1 N–H and O–H groups in total. The van der Waals surface area contributed by atoms with Crippen LogP contribution in [0.2, 0.25) is 0 Å². The number of hydrogen-bond acceptors (Lipinski definition) is 6. The van der Waals surface area contributed by atoms with Gasteiger partial charge >= 0.3 is 0 Å². The van der Waals surface area contributed by atoms with Crippen molar-refractivity contribution in [1.82, 2.24) is 29.9 Å². The molecule has 1 atom stereocenters. The Morgan fingerprint density at radius 1 is 1.15 bits per heavy atom. The smallest absolute Gasteiger partial charge is 0.281 e. The zero-order valence-corrected chi connectivity index (χ0v) is 19.0. The lowest BCUT2D eigenvalue weighted by Crippen LogP contribution is -2.42. The van der Waals surface area contributed by atoms with E-state index in [9.17, 15) is 9.59 Å². The first-order chi connectivity index (χ1) is 16.6. The lowest BCUT2D eigenvalue weighted by atomic mass is 9.97. The fourth-order valence-electron chi connectivity index (χ4n) is 4.24. The minimum Gasteiger partial charge on any atom is -0.484 e. The van der Waals surface area contributed by atoms with E-state index in [1.165, 1.54) is 0 Å². The Labute approximate surface area is 196 Å². The summed E-state index contributed by atoms with van der Waals surface area (Å²) in [6.07, 6.45) is 1.65. The van der Waals surface area contributed by atoms with Crippen molar-refractivity contribution in [2.75, 3.05) is 19.7 Å². The van der Waals surface area contributed by atoms with Crippen molar-refractivity contribution in [3.8, 4) is 5.75 Å². The van der Waals surface area contributed by atoms with Gasteiger partial charge in [0, 0.05) is 19.0 Å². The van der Waals surface area contributed by atoms with E-state index in [0.29, 0.717) is 36.9 Å². The molecule has 0 aliphatic carbocycles. The van der Waals surface area contributed by atoms with Gasteiger partial charge in [-0.25, -0.2) is 9.67 Å². The molecule has 2 aromatic carbocycles. The van der Waals surface area contributed by atoms with E-state index in [2.05, 4.69) is 15.3 Å². The number of hydrogen-bond donors (Lipinski definition) is 1. The third-order valence-electron chi connectivity index (χ3n) is 6.11. The predicted octanol–water partition coefficient (Wildman–Crippen LogP) is 2.66. The number of aromatic nitrogens is 5. The Morgan fingerprint density at radius 2 is 1.94 bits per heavy atom. The number of nitrogens with one attached hydrogen (secondary N) is 1. The predicted molar refractivity (Wildman–Crippen MR) is 127 cm³/mol. The second kappa shape index (κ2) is 9.46. The average molecular weight is 459 g/mol. The lowest BCUT2D eigenvalue weighted by Gasteiger charge is -2.32. The average Bonchev–Trinajstić information content (AvgIpc) is 3.27. The first-order valence-electron chi connectivity index (χ1n) is 11.4. The van der Waals surface area contributed by atoms with Crippen molar-refractivity contribution in [2.45, 2.75) is 32.2 Å². The zero-order chi connectivity index (χ0) is 23.5. The maximum Gasteiger partial charge on any atom is 0.281 e. The van der Waals surface area contributed by atoms with E-state index in [0.717, 1.165) is 24.0 Å². The fourth-order valence-corrected chi connectivity index (χ4v) is 4.24. The summed E-state index contributed by atoms with van der Waals surface area (Å²) in [6, 6.07) is 17.5. The Bertz CT molecular complexity index is 1350. The number of ether oxygens (including phenoxy) is 1. The number of aryl methyl sites for hydroxylation is 1. The molecule has 1 unspecified atom stereocenters. The molecule has 3 heterocycles. The van der Waals surface area contributed by atoms with Gasteiger partial charge in [0.2, 0.25) is 0 Å². The topological polar surface area (TPSA) is 106 Å². The third-order valence-corrected chi connectivity index (χ3v) is 6.11. The molecule has 1 aliphatic rings. The summed E-state index contributed by atoms with van der Waals surface area (Å²) >= 11 is 0. The molecular weight excluding hydrogens is 432 g/mol. The SMILES string of the molecule is Cc1ccc(OCC(=O)N2CCCC(c3nc4c(nnn4Cc4ccccc4)c(=O)[nH]3)C2)cc1. The summed E-state index contributed by atoms with van der Waals surface area (Å²) in [4.78, 5) is 34.9. The lowest BCUT2D eigenvalue weighted by molar-refractivity contribution is -0.134. The highest BCUT2D eigenvalue weighted by Gasteiger charge is 2.27. The quantitative estimate of drug-likeness (QED) is 0.476. The first-order valence-corrected chi connectivity index (χ1v) is 11.4. The van der Waals surface area contributed by atoms with Gasteiger partial charge in [-0.3, -0.25) is 9.59 Å². The van der Waals surface area contributed by atoms with E-state index in [1.807, 2.05) is 61.5 Å². The minimum atomic E-state index is -0.314. The summed E-state index contributed by atoms with van der Waals surface area (Å²) in [6.45, 7) is 3.59. The van der Waals surface area contributed by atoms with E-state index in [1.54, 1.807) is 9.58 Å². The van der Waals surface area contributed by atoms with Crippen molar-refractivity contribution in [3.63, 3.8) is 0 Å². The normalized spacial score (nSPS) is 16.0. The van der Waals surface area contributed by atoms with Crippen molar-refractivity contribution in [3.05, 3.63) is 81.9 Å². The molecule has 0 bridgehead atoms. The number of H-pyrrole nitrogens is 1. The Balaban J connectivity index is 1.31. The largest absolute Gasteiger partial charge is 0.484 e. The number of carbonyl (C=O) groups is 1. The van der Waals surface area contributed by atoms with Crippen LogP contribution in [0.4, 0.5) is 0 Å². The van der Waals surface area contributed by atoms with Gasteiger partial charge in [-0.2, -0.15) is 0 Å². The highest BCUT2D eigenvalue weighted by Crippen LogP contribution is 2.25. The van der Waals surface area contributed by atoms with Crippen LogP contribution in [-0.4, -0.2) is 55.5 Å². The summed E-state index contributed by atoms with van der Waals surface area (Å²) in [5.41, 5.74) is 2.53. The summed E-state index contributed by atoms with van der Waals surface area (Å²) in [5, 5.41) is 8.17. The molecule has 34 heavy (non-hydrogen) atoms. The van der Waals surface area contributed by atoms with E-state index >= 15 is 0 Å². The second-order valence-electron chi connectivity index (χ2n) is 8.64. The highest BCUT2D eigenvalue weighted by molar-refractivity contribution is 5.78. The van der Waals surface area contributed by atoms with Crippen molar-refractivity contribution in [1.29, 1.82) is 0 Å². The van der Waals surface area contributed by atoms with Gasteiger partial charge in [0.25, 0.3) is 11.5 Å². The molecule has 9 heteroatoms. The van der Waals surface area contributed by atoms with Crippen LogP contribution in [0.5, 0.6) is 5.75 Å². The monoisotopic (exact) mass is 458 g/mol. The van der Waals surface area contributed by atoms with Crippen LogP contribution < -0.4 is 10.3 Å². The molecule has 9 nitrogen and oxygen atoms in total. The van der Waals surface area contributed by atoms with Gasteiger partial charge in [0.05, 0.1) is 6.54 Å². The van der Waals surface area contributed by atoms with Crippen LogP contribution in [0.3, 0.4) is 0 Å². The molecule has 174 valence electrons. The summed E-state index contributed by atoms with van der Waals surface area (Å²) in [5.74, 6) is 1.08. The Hall–Kier alpha value is -4.01. The number of amides is 1. The molecular formula is C25H26N6O3. The van der Waals surface area contributed by atoms with Gasteiger partial charge in [0.15, 0.2) is 17.8 Å². The number of piperidine rings is 1. The molecule has 1 aliphatic heterocycles. The van der Waals surface area contributed by atoms with Gasteiger partial charge in [-0.1, -0.05) is 53.2 Å². The zero-order valence-electron chi connectivity index (χ0n) is 19.0. The Morgan fingerprint density at radius 3 is 2.74 bits per heavy atom. The van der Waals surface area contributed by atoms with Gasteiger partial charge < -0.3 is 14.6 Å². The molecule has 4 aromatic rings. The minimum absolute atomic E-state index is 0.0213. The van der Waals surface area contributed by atoms with Crippen molar-refractivity contribution in [2.24, 2.45) is 0 Å². The molecule has 5 rings (SSSR count). The molecule has 1 amide bonds. The molecule has 1 fully saturated rings. The van der Waals surface area contributed by atoms with Crippen LogP contribution in [0.25, 0.3) is 11.2 Å². The van der Waals surface area contributed by atoms with Crippen molar-refractivity contribution >= 4 is 17.1 Å². The number of fused-ring (bicyclic) bond motifs is 1. The van der Waals surface area contributed by atoms with E-state index in [4.69, 9.17) is 9.72 Å². The number of benzene rings is 2. The summed E-state index contributed by atoms with van der Waals surface area (Å²) in [7, 11) is 0. The second-order valence-corrected chi connectivity index (χ2v) is 8.64. The number of nitrogens with zero attached hydrogens (tertiary/aromatic N) is 5. The number of likely N-dealkylation sites (tertiary alicyclic amines) is 1. The number of carbonyl (C=O) groups excluding carboxylic acids is 1. The molecule has 2 aromatic heterocycles. The van der Waals surface area contributed by atoms with E-state index in [-0.39, 0.29) is 29.5 Å². The van der Waals surface area contributed by atoms with E-state index < -0.39 is 0 Å². The summed E-state index contributed by atoms with van der Waals surface area (Å²) < 4.78 is 7.31. The molecule has 0 radical (unpaired) electrons. The highest BCUT2D eigenvalue weighted by atomic mass is 16.5.